The molecule has 4 rings (SSSR count). The first-order valence-electron chi connectivity index (χ1n) is 12.0. The predicted octanol–water partition coefficient (Wildman–Crippen LogP) is 2.53. The van der Waals surface area contributed by atoms with Crippen LogP contribution >= 0.6 is 0 Å². The zero-order valence-corrected chi connectivity index (χ0v) is 21.2. The summed E-state index contributed by atoms with van der Waals surface area (Å²) in [5.41, 5.74) is 1.04. The Balaban J connectivity index is 1.61. The molecule has 2 aromatic heterocycles. The Morgan fingerprint density at radius 1 is 0.949 bits per heavy atom. The van der Waals surface area contributed by atoms with Gasteiger partial charge < -0.3 is 20.5 Å². The largest absolute Gasteiger partial charge is 0.481 e. The predicted molar refractivity (Wildman–Crippen MR) is 143 cm³/mol. The molecule has 4 aromatic rings. The van der Waals surface area contributed by atoms with Crippen molar-refractivity contribution in [2.24, 2.45) is 0 Å². The molecule has 0 spiro atoms. The van der Waals surface area contributed by atoms with Gasteiger partial charge in [-0.1, -0.05) is 35.9 Å². The molecule has 12 heteroatoms. The maximum absolute atomic E-state index is 13.2. The summed E-state index contributed by atoms with van der Waals surface area (Å²) in [5, 5.41) is 14.5. The van der Waals surface area contributed by atoms with E-state index >= 15 is 0 Å². The van der Waals surface area contributed by atoms with Gasteiger partial charge in [0.25, 0.3) is 5.91 Å². The fourth-order valence-corrected chi connectivity index (χ4v) is 3.62. The minimum Gasteiger partial charge on any atom is -0.481 e. The van der Waals surface area contributed by atoms with Crippen LogP contribution in [0.1, 0.15) is 28.0 Å². The SMILES string of the molecule is CNC(=O)c1cccc(Oc2ccc(Nc3nc(=O)n(CCC(=O)O)c(=O)n3Cc3ccc(C)cc3)cc2)n1. The highest BCUT2D eigenvalue weighted by atomic mass is 16.5. The van der Waals surface area contributed by atoms with Crippen molar-refractivity contribution in [1.82, 2.24) is 24.4 Å². The number of pyridine rings is 1. The van der Waals surface area contributed by atoms with Gasteiger partial charge in [-0.05, 0) is 42.8 Å². The molecule has 0 bridgehead atoms. The first kappa shape index (κ1) is 26.8. The summed E-state index contributed by atoms with van der Waals surface area (Å²) in [5.74, 6) is -0.794. The number of nitrogens with one attached hydrogen (secondary N) is 2. The third-order valence-corrected chi connectivity index (χ3v) is 5.68. The second kappa shape index (κ2) is 11.9. The lowest BCUT2D eigenvalue weighted by molar-refractivity contribution is -0.137. The molecular formula is C27H26N6O6. The van der Waals surface area contributed by atoms with Crippen LogP contribution in [0.4, 0.5) is 11.6 Å². The van der Waals surface area contributed by atoms with Crippen molar-refractivity contribution in [3.8, 4) is 11.6 Å². The second-order valence-electron chi connectivity index (χ2n) is 8.56. The Kier molecular flexibility index (Phi) is 8.15. The molecule has 0 aliphatic rings. The molecule has 2 heterocycles. The van der Waals surface area contributed by atoms with E-state index in [-0.39, 0.29) is 36.5 Å². The maximum atomic E-state index is 13.2. The Bertz CT molecular complexity index is 1610. The van der Waals surface area contributed by atoms with E-state index in [1.165, 1.54) is 11.6 Å². The van der Waals surface area contributed by atoms with Crippen LogP contribution in [0.2, 0.25) is 0 Å². The van der Waals surface area contributed by atoms with Gasteiger partial charge in [0.05, 0.1) is 13.0 Å². The fourth-order valence-electron chi connectivity index (χ4n) is 3.62. The van der Waals surface area contributed by atoms with Crippen molar-refractivity contribution in [3.05, 3.63) is 105 Å². The lowest BCUT2D eigenvalue weighted by atomic mass is 10.1. The van der Waals surface area contributed by atoms with Crippen molar-refractivity contribution in [1.29, 1.82) is 0 Å². The highest BCUT2D eigenvalue weighted by molar-refractivity contribution is 5.92. The zero-order chi connectivity index (χ0) is 27.9. The summed E-state index contributed by atoms with van der Waals surface area (Å²) in [7, 11) is 1.51. The smallest absolute Gasteiger partial charge is 0.354 e. The standard InChI is InChI=1S/C27H26N6O6/c1-17-6-8-18(9-7-17)16-33-25(31-26(37)32(27(33)38)15-14-23(34)35)29-19-10-12-20(13-11-19)39-22-5-3-4-21(30-22)24(36)28-2/h3-13H,14-16H2,1-2H3,(H,28,36)(H,34,35)(H,29,31,37). The molecule has 0 radical (unpaired) electrons. The number of carboxylic acids is 1. The van der Waals surface area contributed by atoms with E-state index in [2.05, 4.69) is 20.6 Å². The average Bonchev–Trinajstić information content (AvgIpc) is 2.92. The summed E-state index contributed by atoms with van der Waals surface area (Å²) in [6.07, 6.45) is -0.392. The number of aromatic nitrogens is 4. The second-order valence-corrected chi connectivity index (χ2v) is 8.56. The highest BCUT2D eigenvalue weighted by Gasteiger charge is 2.15. The molecule has 0 atom stereocenters. The van der Waals surface area contributed by atoms with Crippen molar-refractivity contribution >= 4 is 23.5 Å². The van der Waals surface area contributed by atoms with Crippen LogP contribution in [0.15, 0.2) is 76.3 Å². The summed E-state index contributed by atoms with van der Waals surface area (Å²) >= 11 is 0. The number of carbonyl (C=O) groups excluding carboxylic acids is 1. The highest BCUT2D eigenvalue weighted by Crippen LogP contribution is 2.23. The number of carboxylic acid groups (broad SMARTS) is 1. The molecule has 2 aromatic carbocycles. The van der Waals surface area contributed by atoms with Crippen LogP contribution < -0.4 is 26.7 Å². The number of amides is 1. The van der Waals surface area contributed by atoms with Gasteiger partial charge >= 0.3 is 17.3 Å². The number of carbonyl (C=O) groups is 2. The number of aliphatic carboxylic acids is 1. The Labute approximate surface area is 222 Å². The van der Waals surface area contributed by atoms with E-state index in [9.17, 15) is 19.2 Å². The molecule has 200 valence electrons. The van der Waals surface area contributed by atoms with E-state index in [0.717, 1.165) is 15.7 Å². The van der Waals surface area contributed by atoms with Crippen LogP contribution in [0.3, 0.4) is 0 Å². The number of hydrogen-bond donors (Lipinski definition) is 3. The number of benzene rings is 2. The third kappa shape index (κ3) is 6.74. The van der Waals surface area contributed by atoms with E-state index in [1.807, 2.05) is 31.2 Å². The molecule has 12 nitrogen and oxygen atoms in total. The van der Waals surface area contributed by atoms with Crippen molar-refractivity contribution in [2.45, 2.75) is 26.4 Å². The number of anilines is 2. The monoisotopic (exact) mass is 530 g/mol. The molecule has 0 fully saturated rings. The summed E-state index contributed by atoms with van der Waals surface area (Å²) in [6.45, 7) is 1.75. The van der Waals surface area contributed by atoms with Gasteiger partial charge in [0.2, 0.25) is 11.8 Å². The number of rotatable bonds is 10. The van der Waals surface area contributed by atoms with E-state index in [1.54, 1.807) is 42.5 Å². The molecule has 0 unspecified atom stereocenters. The summed E-state index contributed by atoms with van der Waals surface area (Å²) < 4.78 is 7.83. The van der Waals surface area contributed by atoms with Crippen LogP contribution in [0, 0.1) is 6.92 Å². The van der Waals surface area contributed by atoms with Crippen molar-refractivity contribution in [2.75, 3.05) is 12.4 Å². The summed E-state index contributed by atoms with van der Waals surface area (Å²) in [4.78, 5) is 56.9. The van der Waals surface area contributed by atoms with Gasteiger partial charge in [0.15, 0.2) is 0 Å². The molecule has 0 saturated carbocycles. The zero-order valence-electron chi connectivity index (χ0n) is 21.2. The van der Waals surface area contributed by atoms with Gasteiger partial charge in [-0.3, -0.25) is 14.2 Å². The normalized spacial score (nSPS) is 10.6. The number of aryl methyl sites for hydroxylation is 1. The lowest BCUT2D eigenvalue weighted by Gasteiger charge is -2.16. The van der Waals surface area contributed by atoms with Crippen LogP contribution in [-0.2, 0) is 17.9 Å². The van der Waals surface area contributed by atoms with Crippen molar-refractivity contribution in [3.63, 3.8) is 0 Å². The van der Waals surface area contributed by atoms with Gasteiger partial charge in [0.1, 0.15) is 11.4 Å². The Morgan fingerprint density at radius 3 is 2.33 bits per heavy atom. The van der Waals surface area contributed by atoms with Crippen LogP contribution in [0.5, 0.6) is 11.6 Å². The first-order chi connectivity index (χ1) is 18.7. The van der Waals surface area contributed by atoms with E-state index in [0.29, 0.717) is 11.4 Å². The fraction of sp³-hybridized carbons (Fsp3) is 0.185. The maximum Gasteiger partial charge on any atom is 0.354 e. The van der Waals surface area contributed by atoms with Gasteiger partial charge in [-0.2, -0.15) is 4.98 Å². The lowest BCUT2D eigenvalue weighted by Crippen LogP contribution is -2.43. The molecule has 0 aliphatic carbocycles. The van der Waals surface area contributed by atoms with Crippen LogP contribution in [-0.4, -0.2) is 43.1 Å². The summed E-state index contributed by atoms with van der Waals surface area (Å²) in [6, 6.07) is 19.0. The topological polar surface area (TPSA) is 157 Å². The minimum atomic E-state index is -1.13. The average molecular weight is 531 g/mol. The molecule has 0 saturated heterocycles. The molecule has 3 N–H and O–H groups in total. The van der Waals surface area contributed by atoms with Crippen molar-refractivity contribution < 1.29 is 19.4 Å². The first-order valence-corrected chi connectivity index (χ1v) is 12.0. The van der Waals surface area contributed by atoms with E-state index < -0.39 is 23.8 Å². The van der Waals surface area contributed by atoms with Gasteiger partial charge in [0, 0.05) is 25.3 Å². The molecule has 39 heavy (non-hydrogen) atoms. The number of nitrogens with zero attached hydrogens (tertiary/aromatic N) is 4. The van der Waals surface area contributed by atoms with Gasteiger partial charge in [-0.15, -0.1) is 0 Å². The van der Waals surface area contributed by atoms with Gasteiger partial charge in [-0.25, -0.2) is 19.1 Å². The Hall–Kier alpha value is -5.26. The molecule has 1 amide bonds. The molecular weight excluding hydrogens is 504 g/mol. The minimum absolute atomic E-state index is 0.00534. The van der Waals surface area contributed by atoms with E-state index in [4.69, 9.17) is 9.84 Å². The molecule has 0 aliphatic heterocycles. The third-order valence-electron chi connectivity index (χ3n) is 5.68. The number of hydrogen-bond acceptors (Lipinski definition) is 8. The Morgan fingerprint density at radius 2 is 1.67 bits per heavy atom. The number of ether oxygens (including phenoxy) is 1. The quantitative estimate of drug-likeness (QED) is 0.280. The van der Waals surface area contributed by atoms with Crippen LogP contribution in [0.25, 0.3) is 0 Å².